The van der Waals surface area contributed by atoms with E-state index >= 15 is 0 Å². The SMILES string of the molecule is O=C(O)CCCNC(=O)N1CCOC2(CCC2)C1. The van der Waals surface area contributed by atoms with Crippen LogP contribution in [0.1, 0.15) is 32.1 Å². The van der Waals surface area contributed by atoms with Crippen LogP contribution in [-0.4, -0.2) is 53.8 Å². The average molecular weight is 256 g/mol. The predicted molar refractivity (Wildman–Crippen MR) is 64.4 cm³/mol. The largest absolute Gasteiger partial charge is 0.481 e. The standard InChI is InChI=1S/C12H20N2O4/c15-10(16)3-1-6-13-11(17)14-7-8-18-12(9-14)4-2-5-12/h1-9H2,(H,13,17)(H,15,16). The van der Waals surface area contributed by atoms with Gasteiger partial charge in [-0.05, 0) is 25.7 Å². The summed E-state index contributed by atoms with van der Waals surface area (Å²) in [5.41, 5.74) is -0.0867. The minimum absolute atomic E-state index is 0.0867. The zero-order chi connectivity index (χ0) is 13.0. The fraction of sp³-hybridized carbons (Fsp3) is 0.833. The smallest absolute Gasteiger partial charge is 0.317 e. The maximum Gasteiger partial charge on any atom is 0.317 e. The van der Waals surface area contributed by atoms with Gasteiger partial charge in [0.25, 0.3) is 0 Å². The predicted octanol–water partition coefficient (Wildman–Crippen LogP) is 0.816. The molecule has 1 heterocycles. The topological polar surface area (TPSA) is 78.9 Å². The van der Waals surface area contributed by atoms with E-state index in [2.05, 4.69) is 5.32 Å². The molecule has 0 bridgehead atoms. The van der Waals surface area contributed by atoms with Gasteiger partial charge in [-0.3, -0.25) is 4.79 Å². The molecule has 0 aromatic rings. The highest BCUT2D eigenvalue weighted by atomic mass is 16.5. The quantitative estimate of drug-likeness (QED) is 0.730. The summed E-state index contributed by atoms with van der Waals surface area (Å²) in [7, 11) is 0. The van der Waals surface area contributed by atoms with Gasteiger partial charge in [0.15, 0.2) is 0 Å². The van der Waals surface area contributed by atoms with Gasteiger partial charge in [0.05, 0.1) is 18.8 Å². The van der Waals surface area contributed by atoms with Gasteiger partial charge in [0.2, 0.25) is 0 Å². The number of ether oxygens (including phenoxy) is 1. The summed E-state index contributed by atoms with van der Waals surface area (Å²) >= 11 is 0. The monoisotopic (exact) mass is 256 g/mol. The first-order chi connectivity index (χ1) is 8.61. The lowest BCUT2D eigenvalue weighted by Crippen LogP contribution is -2.58. The molecule has 6 nitrogen and oxygen atoms in total. The maximum atomic E-state index is 11.9. The summed E-state index contributed by atoms with van der Waals surface area (Å²) in [6.45, 7) is 2.29. The van der Waals surface area contributed by atoms with E-state index in [4.69, 9.17) is 9.84 Å². The Morgan fingerprint density at radius 1 is 1.39 bits per heavy atom. The number of nitrogens with one attached hydrogen (secondary N) is 1. The third-order valence-corrected chi connectivity index (χ3v) is 3.64. The van der Waals surface area contributed by atoms with Crippen molar-refractivity contribution < 1.29 is 19.4 Å². The van der Waals surface area contributed by atoms with Gasteiger partial charge in [-0.15, -0.1) is 0 Å². The van der Waals surface area contributed by atoms with Crippen molar-refractivity contribution in [1.29, 1.82) is 0 Å². The summed E-state index contributed by atoms with van der Waals surface area (Å²) < 4.78 is 5.74. The van der Waals surface area contributed by atoms with E-state index in [1.54, 1.807) is 4.90 Å². The molecule has 6 heteroatoms. The van der Waals surface area contributed by atoms with Gasteiger partial charge in [-0.25, -0.2) is 4.79 Å². The number of carbonyl (C=O) groups excluding carboxylic acids is 1. The summed E-state index contributed by atoms with van der Waals surface area (Å²) in [5.74, 6) is -0.830. The lowest BCUT2D eigenvalue weighted by atomic mass is 9.79. The summed E-state index contributed by atoms with van der Waals surface area (Å²) in [6, 6.07) is -0.102. The second kappa shape index (κ2) is 5.56. The minimum atomic E-state index is -0.830. The van der Waals surface area contributed by atoms with Gasteiger partial charge in [-0.1, -0.05) is 0 Å². The normalized spacial score (nSPS) is 21.4. The molecule has 2 fully saturated rings. The lowest BCUT2D eigenvalue weighted by Gasteiger charge is -2.48. The van der Waals surface area contributed by atoms with Crippen LogP contribution in [0.25, 0.3) is 0 Å². The van der Waals surface area contributed by atoms with Gasteiger partial charge in [0, 0.05) is 19.5 Å². The van der Waals surface area contributed by atoms with E-state index in [0.717, 1.165) is 12.8 Å². The molecule has 2 N–H and O–H groups in total. The van der Waals surface area contributed by atoms with E-state index in [1.165, 1.54) is 6.42 Å². The fourth-order valence-corrected chi connectivity index (χ4v) is 2.44. The molecule has 2 rings (SSSR count). The molecule has 0 atom stereocenters. The molecular formula is C12H20N2O4. The first-order valence-electron chi connectivity index (χ1n) is 6.50. The van der Waals surface area contributed by atoms with Crippen LogP contribution in [0.3, 0.4) is 0 Å². The Bertz CT molecular complexity index is 328. The highest BCUT2D eigenvalue weighted by Crippen LogP contribution is 2.37. The van der Waals surface area contributed by atoms with Crippen LogP contribution < -0.4 is 5.32 Å². The number of urea groups is 1. The highest BCUT2D eigenvalue weighted by molar-refractivity contribution is 5.74. The number of nitrogens with zero attached hydrogens (tertiary/aromatic N) is 1. The second-order valence-electron chi connectivity index (χ2n) is 5.04. The Kier molecular flexibility index (Phi) is 4.06. The van der Waals surface area contributed by atoms with Crippen molar-refractivity contribution in [2.24, 2.45) is 0 Å². The first kappa shape index (κ1) is 13.1. The molecule has 0 aromatic heterocycles. The Balaban J connectivity index is 1.70. The van der Waals surface area contributed by atoms with Crippen molar-refractivity contribution in [1.82, 2.24) is 10.2 Å². The van der Waals surface area contributed by atoms with Crippen molar-refractivity contribution in [2.75, 3.05) is 26.2 Å². The van der Waals surface area contributed by atoms with Crippen LogP contribution in [0.2, 0.25) is 0 Å². The molecule has 18 heavy (non-hydrogen) atoms. The Labute approximate surface area is 106 Å². The fourth-order valence-electron chi connectivity index (χ4n) is 2.44. The van der Waals surface area contributed by atoms with Crippen LogP contribution >= 0.6 is 0 Å². The van der Waals surface area contributed by atoms with E-state index in [1.807, 2.05) is 0 Å². The Morgan fingerprint density at radius 3 is 2.78 bits per heavy atom. The molecule has 0 unspecified atom stereocenters. The Morgan fingerprint density at radius 2 is 2.17 bits per heavy atom. The molecule has 1 spiro atoms. The third-order valence-electron chi connectivity index (χ3n) is 3.64. The number of hydrogen-bond acceptors (Lipinski definition) is 3. The molecule has 2 amide bonds. The van der Waals surface area contributed by atoms with Crippen LogP contribution in [-0.2, 0) is 9.53 Å². The van der Waals surface area contributed by atoms with E-state index in [0.29, 0.717) is 32.7 Å². The van der Waals surface area contributed by atoms with E-state index in [-0.39, 0.29) is 18.1 Å². The Hall–Kier alpha value is -1.30. The molecule has 2 aliphatic rings. The number of carboxylic acids is 1. The highest BCUT2D eigenvalue weighted by Gasteiger charge is 2.43. The van der Waals surface area contributed by atoms with Crippen LogP contribution in [0, 0.1) is 0 Å². The van der Waals surface area contributed by atoms with Crippen LogP contribution in [0.15, 0.2) is 0 Å². The molecule has 0 radical (unpaired) electrons. The maximum absolute atomic E-state index is 11.9. The van der Waals surface area contributed by atoms with Crippen molar-refractivity contribution in [3.8, 4) is 0 Å². The zero-order valence-corrected chi connectivity index (χ0v) is 10.5. The van der Waals surface area contributed by atoms with Crippen molar-refractivity contribution in [3.05, 3.63) is 0 Å². The molecule has 102 valence electrons. The lowest BCUT2D eigenvalue weighted by molar-refractivity contribution is -0.141. The molecule has 0 aromatic carbocycles. The molecule has 1 aliphatic carbocycles. The number of carboxylic acid groups (broad SMARTS) is 1. The molecule has 1 saturated carbocycles. The molecule has 1 saturated heterocycles. The third kappa shape index (κ3) is 3.13. The summed E-state index contributed by atoms with van der Waals surface area (Å²) in [6.07, 6.45) is 3.81. The number of hydrogen-bond donors (Lipinski definition) is 2. The first-order valence-corrected chi connectivity index (χ1v) is 6.50. The van der Waals surface area contributed by atoms with E-state index in [9.17, 15) is 9.59 Å². The zero-order valence-electron chi connectivity index (χ0n) is 10.5. The van der Waals surface area contributed by atoms with Gasteiger partial charge < -0.3 is 20.1 Å². The number of rotatable bonds is 4. The van der Waals surface area contributed by atoms with Crippen LogP contribution in [0.5, 0.6) is 0 Å². The molecule has 1 aliphatic heterocycles. The van der Waals surface area contributed by atoms with Crippen LogP contribution in [0.4, 0.5) is 4.79 Å². The van der Waals surface area contributed by atoms with Gasteiger partial charge >= 0.3 is 12.0 Å². The van der Waals surface area contributed by atoms with Crippen molar-refractivity contribution in [3.63, 3.8) is 0 Å². The van der Waals surface area contributed by atoms with Gasteiger partial charge in [-0.2, -0.15) is 0 Å². The van der Waals surface area contributed by atoms with E-state index < -0.39 is 5.97 Å². The van der Waals surface area contributed by atoms with Gasteiger partial charge in [0.1, 0.15) is 0 Å². The average Bonchev–Trinajstić information content (AvgIpc) is 2.32. The summed E-state index contributed by atoms with van der Waals surface area (Å²) in [4.78, 5) is 24.0. The van der Waals surface area contributed by atoms with Crippen molar-refractivity contribution in [2.45, 2.75) is 37.7 Å². The van der Waals surface area contributed by atoms with Crippen molar-refractivity contribution >= 4 is 12.0 Å². The summed E-state index contributed by atoms with van der Waals surface area (Å²) in [5, 5.41) is 11.3. The number of carbonyl (C=O) groups is 2. The molecular weight excluding hydrogens is 236 g/mol. The number of aliphatic carboxylic acids is 1. The number of morpholine rings is 1. The second-order valence-corrected chi connectivity index (χ2v) is 5.04. The number of amides is 2. The minimum Gasteiger partial charge on any atom is -0.481 e.